The van der Waals surface area contributed by atoms with E-state index in [0.29, 0.717) is 4.90 Å². The summed E-state index contributed by atoms with van der Waals surface area (Å²) in [5, 5.41) is 157. The van der Waals surface area contributed by atoms with Crippen molar-refractivity contribution in [2.24, 2.45) is 11.7 Å². The highest BCUT2D eigenvalue weighted by atomic mass is 35.5. The number of primary amides is 1. The number of aromatic hydroxyl groups is 3. The third-order valence-corrected chi connectivity index (χ3v) is 23.1. The number of phenols is 3. The van der Waals surface area contributed by atoms with Crippen LogP contribution in [0.1, 0.15) is 111 Å². The summed E-state index contributed by atoms with van der Waals surface area (Å²) in [5.74, 6) is -19.8. The van der Waals surface area contributed by atoms with Gasteiger partial charge in [0, 0.05) is 42.3 Å². The number of rotatable bonds is 23. The van der Waals surface area contributed by atoms with E-state index < -0.39 is 312 Å². The summed E-state index contributed by atoms with van der Waals surface area (Å²) in [6.45, 7) is 3.97. The number of alkyl carbamates (subject to hydrolysis) is 1. The molecule has 9 amide bonds. The van der Waals surface area contributed by atoms with Crippen LogP contribution in [0.4, 0.5) is 21.0 Å². The zero-order valence-electron chi connectivity index (χ0n) is 72.0. The number of carboxylic acids is 1. The maximum atomic E-state index is 16.4. The smallest absolute Gasteiger partial charge is 0.415 e. The van der Waals surface area contributed by atoms with E-state index in [1.807, 2.05) is 0 Å². The molecular formula is C85H91Cl2N11O36. The fourth-order valence-corrected chi connectivity index (χ4v) is 16.1. The Morgan fingerprint density at radius 3 is 1.81 bits per heavy atom. The van der Waals surface area contributed by atoms with Crippen LogP contribution in [0.25, 0.3) is 11.1 Å². The maximum absolute atomic E-state index is 16.4. The summed E-state index contributed by atoms with van der Waals surface area (Å²) in [7, 11) is 5.89. The lowest BCUT2D eigenvalue weighted by molar-refractivity contribution is -0.386. The van der Waals surface area contributed by atoms with E-state index in [9.17, 15) is 90.5 Å². The van der Waals surface area contributed by atoms with Gasteiger partial charge in [0.1, 0.15) is 108 Å². The Labute approximate surface area is 767 Å². The van der Waals surface area contributed by atoms with Gasteiger partial charge in [-0.15, -0.1) is 0 Å². The van der Waals surface area contributed by atoms with Crippen LogP contribution in [-0.2, 0) is 63.9 Å². The number of carbonyl (C=O) groups is 10. The molecule has 14 rings (SSSR count). The molecule has 7 aliphatic rings. The van der Waals surface area contributed by atoms with Gasteiger partial charge in [0.2, 0.25) is 59.1 Å². The quantitative estimate of drug-likeness (QED) is 0.0319. The number of ether oxygens (including phenoxy) is 12. The highest BCUT2D eigenvalue weighted by molar-refractivity contribution is 6.32. The number of fused-ring (bicyclic) bond motifs is 15. The van der Waals surface area contributed by atoms with E-state index >= 15 is 28.8 Å². The van der Waals surface area contributed by atoms with Crippen molar-refractivity contribution < 1.29 is 166 Å². The molecule has 0 spiro atoms. The summed E-state index contributed by atoms with van der Waals surface area (Å²) in [5.41, 5.74) is -1.21. The molecule has 2 saturated heterocycles. The van der Waals surface area contributed by atoms with Gasteiger partial charge in [-0.2, -0.15) is 0 Å². The molecule has 0 radical (unpaired) electrons. The molecule has 0 saturated carbocycles. The largest absolute Gasteiger partial charge is 0.508 e. The highest BCUT2D eigenvalue weighted by Gasteiger charge is 2.53. The van der Waals surface area contributed by atoms with Crippen molar-refractivity contribution in [1.82, 2.24) is 42.1 Å². The number of carboxylic acid groups (broad SMARTS) is 1. The number of carbonyl (C=O) groups excluding carboxylic acids is 9. The van der Waals surface area contributed by atoms with Crippen molar-refractivity contribution in [2.45, 2.75) is 163 Å². The summed E-state index contributed by atoms with van der Waals surface area (Å²) < 4.78 is 70.9. The Kier molecular flexibility index (Phi) is 30.2. The predicted molar refractivity (Wildman–Crippen MR) is 456 cm³/mol. The van der Waals surface area contributed by atoms with Gasteiger partial charge in [-0.25, -0.2) is 14.4 Å². The number of benzene rings is 7. The minimum atomic E-state index is -2.54. The van der Waals surface area contributed by atoms with Crippen LogP contribution < -0.4 is 80.8 Å². The Morgan fingerprint density at radius 2 is 1.23 bits per heavy atom. The number of amides is 9. The number of aliphatic hydroxyl groups is 6. The molecule has 0 aliphatic carbocycles. The average Bonchev–Trinajstić information content (AvgIpc) is 0.765. The third-order valence-electron chi connectivity index (χ3n) is 22.5. The molecular weight excluding hydrogens is 1820 g/mol. The van der Waals surface area contributed by atoms with E-state index in [1.165, 1.54) is 48.4 Å². The number of aliphatic carboxylic acids is 1. The average molecular weight is 1910 g/mol. The highest BCUT2D eigenvalue weighted by Crippen LogP contribution is 2.51. The van der Waals surface area contributed by atoms with Crippen molar-refractivity contribution in [1.29, 1.82) is 0 Å². The summed E-state index contributed by atoms with van der Waals surface area (Å²) in [4.78, 5) is 172. The topological polar surface area (TPSA) is 684 Å². The van der Waals surface area contributed by atoms with Gasteiger partial charge < -0.3 is 151 Å². The molecule has 7 aromatic carbocycles. The number of halogens is 2. The number of nitrogens with one attached hydrogen (secondary N) is 7. The molecule has 134 heavy (non-hydrogen) atoms. The Morgan fingerprint density at radius 1 is 0.657 bits per heavy atom. The van der Waals surface area contributed by atoms with Gasteiger partial charge >= 0.3 is 23.8 Å². The summed E-state index contributed by atoms with van der Waals surface area (Å²) >= 11 is 14.3. The molecule has 18 atom stereocenters. The van der Waals surface area contributed by atoms with Crippen molar-refractivity contribution in [3.63, 3.8) is 0 Å². The number of nitro benzene ring substituents is 2. The Hall–Kier alpha value is -14.1. The van der Waals surface area contributed by atoms with Crippen LogP contribution in [0.15, 0.2) is 103 Å². The molecule has 11 bridgehead atoms. The zero-order chi connectivity index (χ0) is 97.8. The molecule has 49 heteroatoms. The van der Waals surface area contributed by atoms with Crippen molar-refractivity contribution in [2.75, 3.05) is 42.1 Å². The SMILES string of the molecule is COc1cc(COC(=O)NC2(C)CC(OC3C(Oc4c5cc6cc4Oc4ccc(cc4Cl)C(O)C(NC(=O)C(CC(C)C)N(C)C(=O)Oc4cc(OC)c(OC)cc4[N+](=O)[O-])C(=O)NC(CC(N)=O)C(=O)NC6C(=O)NC4C(=O)NC(C(=O)NC(C(=O)O)c6cc(O)cc(O)c6-c6cc4ccc6O)C(O)c4ccc(c(Cl)c4)O5)OC(CO)C(O)C3O)OC(C)C2O)c([N+](=O)[O-])cc1OC. The standard InChI is InChI=1S/C85H91Cl2N11O36/c1-32(2)16-47(96(5)84(118)132-52-28-56(126-9)55(125-8)27-46(52)98(121)122)76(110)93-66-68(104)35-11-14-50(42(86)18-35)129-57-20-37-21-58(72(57)134-82-73(71(107)70(106)59(30-99)131-82)133-61-29-85(4,74(108)33(3)128-61)95-83(117)127-31-38-22-53(123-6)54(124-7)26-45(38)97(119)120)130-51-15-12-36(19-43(51)87)69(105)67-80(114)92-65(81(115)116)41-23-39(100)24-49(102)62(41)40-17-34(10-13-48(40)101)63(77(111)94-67)91-78(112)64(37)90-75(109)44(25-60(88)103)89-79(66)113/h10-15,17-24,26-28,32-33,44,47,59,61,63-71,73-74,82,99-102,104-108H,16,25,29-31H2,1-9H3,(H2,88,103)(H,89,113)(H,90,109)(H,91,112)(H,92,114)(H,93,110)(H,94,111)(H,95,117)(H,115,116). The normalized spacial score (nSPS) is 24.7. The number of nitrogens with zero attached hydrogens (tertiary/aromatic N) is 3. The second kappa shape index (κ2) is 40.9. The number of methoxy groups -OCH3 is 4. The monoisotopic (exact) mass is 1910 g/mol. The fourth-order valence-electron chi connectivity index (χ4n) is 15.6. The van der Waals surface area contributed by atoms with Gasteiger partial charge in [0.15, 0.2) is 52.9 Å². The third kappa shape index (κ3) is 21.2. The Bertz CT molecular complexity index is 5800. The van der Waals surface area contributed by atoms with E-state index in [-0.39, 0.29) is 46.1 Å². The van der Waals surface area contributed by atoms with E-state index in [4.69, 9.17) is 85.8 Å². The van der Waals surface area contributed by atoms with E-state index in [0.717, 1.165) is 104 Å². The summed E-state index contributed by atoms with van der Waals surface area (Å²) in [6, 6.07) is 0.288. The molecule has 7 aliphatic heterocycles. The zero-order valence-corrected chi connectivity index (χ0v) is 73.5. The van der Waals surface area contributed by atoms with Crippen molar-refractivity contribution in [3.8, 4) is 85.9 Å². The first-order valence-corrected chi connectivity index (χ1v) is 41.3. The first-order valence-electron chi connectivity index (χ1n) is 40.6. The van der Waals surface area contributed by atoms with Gasteiger partial charge in [-0.1, -0.05) is 55.2 Å². The number of phenolic OH excluding ortho intramolecular Hbond substituents is 3. The number of aliphatic hydroxyl groups excluding tert-OH is 6. The predicted octanol–water partition coefficient (Wildman–Crippen LogP) is 3.84. The second-order valence-electron chi connectivity index (χ2n) is 32.0. The van der Waals surface area contributed by atoms with Gasteiger partial charge in [0.05, 0.1) is 90.7 Å². The molecule has 47 nitrogen and oxygen atoms in total. The van der Waals surface area contributed by atoms with Crippen LogP contribution >= 0.6 is 23.2 Å². The van der Waals surface area contributed by atoms with Crippen LogP contribution in [0.3, 0.4) is 0 Å². The van der Waals surface area contributed by atoms with Gasteiger partial charge in [-0.3, -0.25) is 58.7 Å². The van der Waals surface area contributed by atoms with Crippen molar-refractivity contribution in [3.05, 3.63) is 167 Å². The number of nitro groups is 2. The van der Waals surface area contributed by atoms with Gasteiger partial charge in [-0.05, 0) is 109 Å². The number of likely N-dealkylation sites (N-methyl/N-ethyl adjacent to an activating group) is 1. The molecule has 7 aromatic rings. The Balaban J connectivity index is 1.03. The lowest BCUT2D eigenvalue weighted by Crippen LogP contribution is -2.66. The van der Waals surface area contributed by atoms with Crippen LogP contribution in [0.2, 0.25) is 10.0 Å². The molecule has 7 heterocycles. The van der Waals surface area contributed by atoms with Crippen LogP contribution in [0, 0.1) is 26.1 Å². The minimum Gasteiger partial charge on any atom is -0.508 e. The molecule has 2 fully saturated rings. The van der Waals surface area contributed by atoms with Crippen LogP contribution in [-0.4, -0.2) is 246 Å². The summed E-state index contributed by atoms with van der Waals surface area (Å²) in [6.07, 6.45) is -25.1. The molecule has 0 aromatic heterocycles. The number of nitrogens with two attached hydrogens (primary N) is 1. The second-order valence-corrected chi connectivity index (χ2v) is 32.8. The first kappa shape index (κ1) is 98.9. The van der Waals surface area contributed by atoms with E-state index in [1.54, 1.807) is 13.8 Å². The fraction of sp³-hybridized carbons (Fsp3) is 0.388. The number of hydrogen-bond donors (Lipinski definition) is 18. The van der Waals surface area contributed by atoms with Crippen LogP contribution in [0.5, 0.6) is 74.7 Å². The lowest BCUT2D eigenvalue weighted by atomic mass is 9.85. The van der Waals surface area contributed by atoms with Crippen molar-refractivity contribution >= 4 is 94.1 Å². The molecule has 716 valence electrons. The lowest BCUT2D eigenvalue weighted by Gasteiger charge is -2.48. The maximum Gasteiger partial charge on any atom is 0.415 e. The first-order chi connectivity index (χ1) is 63.4. The number of hydrogen-bond acceptors (Lipinski definition) is 35. The van der Waals surface area contributed by atoms with Gasteiger partial charge in [0.25, 0.3) is 5.69 Å². The minimum absolute atomic E-state index is 0.0246. The molecule has 18 unspecified atom stereocenters. The van der Waals surface area contributed by atoms with E-state index in [2.05, 4.69) is 37.2 Å². The molecule has 19 N–H and O–H groups in total.